The predicted molar refractivity (Wildman–Crippen MR) is 89.9 cm³/mol. The predicted octanol–water partition coefficient (Wildman–Crippen LogP) is 2.73. The SMILES string of the molecule is CC(C)(C)OC(=O)N1c2ccccc2CC1CNCC1CCO1. The lowest BCUT2D eigenvalue weighted by Gasteiger charge is -2.31. The number of ether oxygens (including phenoxy) is 2. The molecule has 1 amide bonds. The van der Waals surface area contributed by atoms with Gasteiger partial charge in [0.15, 0.2) is 0 Å². The summed E-state index contributed by atoms with van der Waals surface area (Å²) in [4.78, 5) is 14.5. The maximum absolute atomic E-state index is 12.6. The van der Waals surface area contributed by atoms with E-state index in [1.165, 1.54) is 5.56 Å². The van der Waals surface area contributed by atoms with E-state index in [1.54, 1.807) is 4.90 Å². The van der Waals surface area contributed by atoms with E-state index in [2.05, 4.69) is 11.4 Å². The maximum atomic E-state index is 12.6. The molecule has 1 N–H and O–H groups in total. The first-order chi connectivity index (χ1) is 10.9. The van der Waals surface area contributed by atoms with Crippen LogP contribution in [0.4, 0.5) is 10.5 Å². The fourth-order valence-corrected chi connectivity index (χ4v) is 3.04. The molecule has 0 aromatic heterocycles. The monoisotopic (exact) mass is 318 g/mol. The number of nitrogens with zero attached hydrogens (tertiary/aromatic N) is 1. The summed E-state index contributed by atoms with van der Waals surface area (Å²) in [6.45, 7) is 8.14. The largest absolute Gasteiger partial charge is 0.443 e. The summed E-state index contributed by atoms with van der Waals surface area (Å²) >= 11 is 0. The molecule has 3 rings (SSSR count). The van der Waals surface area contributed by atoms with Gasteiger partial charge in [0.1, 0.15) is 5.60 Å². The second-order valence-corrected chi connectivity index (χ2v) is 7.28. The smallest absolute Gasteiger partial charge is 0.415 e. The molecule has 23 heavy (non-hydrogen) atoms. The van der Waals surface area contributed by atoms with Gasteiger partial charge in [0.05, 0.1) is 17.8 Å². The Morgan fingerprint density at radius 2 is 2.09 bits per heavy atom. The molecule has 0 aliphatic carbocycles. The summed E-state index contributed by atoms with van der Waals surface area (Å²) in [7, 11) is 0. The molecule has 5 nitrogen and oxygen atoms in total. The van der Waals surface area contributed by atoms with Gasteiger partial charge in [0, 0.05) is 19.7 Å². The van der Waals surface area contributed by atoms with Gasteiger partial charge < -0.3 is 14.8 Å². The van der Waals surface area contributed by atoms with Crippen LogP contribution in [-0.4, -0.2) is 43.5 Å². The van der Waals surface area contributed by atoms with Crippen LogP contribution < -0.4 is 10.2 Å². The Bertz CT molecular complexity index is 564. The molecule has 0 radical (unpaired) electrons. The van der Waals surface area contributed by atoms with Gasteiger partial charge in [0.25, 0.3) is 0 Å². The molecule has 2 aliphatic rings. The number of carbonyl (C=O) groups is 1. The summed E-state index contributed by atoms with van der Waals surface area (Å²) in [5, 5.41) is 3.44. The van der Waals surface area contributed by atoms with Crippen molar-refractivity contribution in [2.45, 2.75) is 51.4 Å². The minimum Gasteiger partial charge on any atom is -0.443 e. The van der Waals surface area contributed by atoms with Crippen LogP contribution >= 0.6 is 0 Å². The quantitative estimate of drug-likeness (QED) is 0.927. The van der Waals surface area contributed by atoms with Gasteiger partial charge in [-0.2, -0.15) is 0 Å². The van der Waals surface area contributed by atoms with Crippen molar-refractivity contribution in [3.63, 3.8) is 0 Å². The second kappa shape index (κ2) is 6.49. The van der Waals surface area contributed by atoms with Crippen molar-refractivity contribution >= 4 is 11.8 Å². The number of carbonyl (C=O) groups excluding carboxylic acids is 1. The van der Waals surface area contributed by atoms with Crippen LogP contribution in [0, 0.1) is 0 Å². The lowest BCUT2D eigenvalue weighted by atomic mass is 10.1. The van der Waals surface area contributed by atoms with E-state index in [9.17, 15) is 4.79 Å². The first kappa shape index (κ1) is 16.3. The van der Waals surface area contributed by atoms with Crippen molar-refractivity contribution in [3.8, 4) is 0 Å². The topological polar surface area (TPSA) is 50.8 Å². The number of anilines is 1. The normalized spacial score (nSPS) is 23.3. The standard InChI is InChI=1S/C18H26N2O3/c1-18(2,3)23-17(21)20-14(11-19-12-15-8-9-22-15)10-13-6-4-5-7-16(13)20/h4-7,14-15,19H,8-12H2,1-3H3. The molecule has 126 valence electrons. The number of hydrogen-bond donors (Lipinski definition) is 1. The Morgan fingerprint density at radius 1 is 1.35 bits per heavy atom. The van der Waals surface area contributed by atoms with Gasteiger partial charge in [0.2, 0.25) is 0 Å². The third-order valence-corrected chi connectivity index (χ3v) is 4.21. The van der Waals surface area contributed by atoms with Crippen LogP contribution in [0.3, 0.4) is 0 Å². The highest BCUT2D eigenvalue weighted by Crippen LogP contribution is 2.33. The van der Waals surface area contributed by atoms with Crippen molar-refractivity contribution in [2.75, 3.05) is 24.6 Å². The van der Waals surface area contributed by atoms with E-state index in [4.69, 9.17) is 9.47 Å². The lowest BCUT2D eigenvalue weighted by molar-refractivity contribution is -0.0482. The zero-order valence-electron chi connectivity index (χ0n) is 14.2. The Labute approximate surface area is 137 Å². The zero-order valence-corrected chi connectivity index (χ0v) is 14.2. The van der Waals surface area contributed by atoms with Gasteiger partial charge in [-0.3, -0.25) is 4.90 Å². The first-order valence-corrected chi connectivity index (χ1v) is 8.36. The van der Waals surface area contributed by atoms with E-state index >= 15 is 0 Å². The molecule has 1 aromatic rings. The molecule has 1 fully saturated rings. The van der Waals surface area contributed by atoms with Gasteiger partial charge in [-0.25, -0.2) is 4.79 Å². The van der Waals surface area contributed by atoms with Crippen LogP contribution in [0.15, 0.2) is 24.3 Å². The van der Waals surface area contributed by atoms with Crippen LogP contribution in [-0.2, 0) is 15.9 Å². The minimum atomic E-state index is -0.494. The van der Waals surface area contributed by atoms with E-state index in [-0.39, 0.29) is 12.1 Å². The van der Waals surface area contributed by atoms with Gasteiger partial charge in [-0.15, -0.1) is 0 Å². The number of rotatable bonds is 4. The van der Waals surface area contributed by atoms with Crippen LogP contribution in [0.25, 0.3) is 0 Å². The minimum absolute atomic E-state index is 0.0855. The zero-order chi connectivity index (χ0) is 16.4. The van der Waals surface area contributed by atoms with Crippen molar-refractivity contribution in [2.24, 2.45) is 0 Å². The average Bonchev–Trinajstić information content (AvgIpc) is 2.77. The number of nitrogens with one attached hydrogen (secondary N) is 1. The van der Waals surface area contributed by atoms with Crippen LogP contribution in [0.2, 0.25) is 0 Å². The fraction of sp³-hybridized carbons (Fsp3) is 0.611. The highest BCUT2D eigenvalue weighted by molar-refractivity contribution is 5.91. The van der Waals surface area contributed by atoms with E-state index < -0.39 is 5.60 Å². The van der Waals surface area contributed by atoms with Crippen LogP contribution in [0.1, 0.15) is 32.8 Å². The van der Waals surface area contributed by atoms with Gasteiger partial charge in [-0.05, 0) is 45.2 Å². The molecular formula is C18H26N2O3. The highest BCUT2D eigenvalue weighted by atomic mass is 16.6. The Kier molecular flexibility index (Phi) is 4.60. The molecule has 5 heteroatoms. The molecule has 2 atom stereocenters. The Morgan fingerprint density at radius 3 is 2.74 bits per heavy atom. The molecule has 0 spiro atoms. The summed E-state index contributed by atoms with van der Waals surface area (Å²) in [5.41, 5.74) is 1.67. The Balaban J connectivity index is 1.68. The Hall–Kier alpha value is -1.59. The van der Waals surface area contributed by atoms with Crippen molar-refractivity contribution in [3.05, 3.63) is 29.8 Å². The highest BCUT2D eigenvalue weighted by Gasteiger charge is 2.36. The number of para-hydroxylation sites is 1. The molecule has 0 saturated carbocycles. The lowest BCUT2D eigenvalue weighted by Crippen LogP contribution is -2.48. The molecule has 2 heterocycles. The molecule has 1 aromatic carbocycles. The number of benzene rings is 1. The van der Waals surface area contributed by atoms with Gasteiger partial charge >= 0.3 is 6.09 Å². The summed E-state index contributed by atoms with van der Waals surface area (Å²) in [6, 6.07) is 8.15. The molecule has 2 aliphatic heterocycles. The van der Waals surface area contributed by atoms with E-state index in [1.807, 2.05) is 39.0 Å². The molecule has 1 saturated heterocycles. The summed E-state index contributed by atoms with van der Waals surface area (Å²) < 4.78 is 11.0. The first-order valence-electron chi connectivity index (χ1n) is 8.36. The summed E-state index contributed by atoms with van der Waals surface area (Å²) in [5.74, 6) is 0. The fourth-order valence-electron chi connectivity index (χ4n) is 3.04. The number of fused-ring (bicyclic) bond motifs is 1. The third kappa shape index (κ3) is 3.85. The second-order valence-electron chi connectivity index (χ2n) is 7.28. The third-order valence-electron chi connectivity index (χ3n) is 4.21. The number of hydrogen-bond acceptors (Lipinski definition) is 4. The van der Waals surface area contributed by atoms with Crippen LogP contribution in [0.5, 0.6) is 0 Å². The molecule has 0 bridgehead atoms. The van der Waals surface area contributed by atoms with E-state index in [0.717, 1.165) is 38.2 Å². The van der Waals surface area contributed by atoms with E-state index in [0.29, 0.717) is 6.10 Å². The molecular weight excluding hydrogens is 292 g/mol. The maximum Gasteiger partial charge on any atom is 0.415 e. The summed E-state index contributed by atoms with van der Waals surface area (Å²) in [6.07, 6.45) is 2.03. The average molecular weight is 318 g/mol. The molecule has 2 unspecified atom stereocenters. The van der Waals surface area contributed by atoms with Gasteiger partial charge in [-0.1, -0.05) is 18.2 Å². The number of amides is 1. The van der Waals surface area contributed by atoms with Crippen molar-refractivity contribution in [1.29, 1.82) is 0 Å². The van der Waals surface area contributed by atoms with Crippen molar-refractivity contribution < 1.29 is 14.3 Å². The van der Waals surface area contributed by atoms with Crippen molar-refractivity contribution in [1.82, 2.24) is 5.32 Å².